The summed E-state index contributed by atoms with van der Waals surface area (Å²) < 4.78 is 5.19. The summed E-state index contributed by atoms with van der Waals surface area (Å²) in [6.07, 6.45) is 1.62. The molecular weight excluding hydrogens is 703 g/mol. The molecule has 8 nitrogen and oxygen atoms in total. The summed E-state index contributed by atoms with van der Waals surface area (Å²) in [5.74, 6) is -0.307. The summed E-state index contributed by atoms with van der Waals surface area (Å²) in [6.45, 7) is 2.02. The third kappa shape index (κ3) is 9.39. The zero-order chi connectivity index (χ0) is 32.3. The van der Waals surface area contributed by atoms with Crippen LogP contribution in [0.5, 0.6) is 0 Å². The van der Waals surface area contributed by atoms with Gasteiger partial charge in [-0.15, -0.1) is 11.8 Å². The molecule has 0 saturated heterocycles. The lowest BCUT2D eigenvalue weighted by Gasteiger charge is -2.17. The van der Waals surface area contributed by atoms with Crippen molar-refractivity contribution in [2.75, 3.05) is 16.4 Å². The second kappa shape index (κ2) is 16.4. The molecule has 1 aromatic heterocycles. The Balaban J connectivity index is 1.36. The van der Waals surface area contributed by atoms with Gasteiger partial charge in [-0.3, -0.25) is 19.7 Å². The summed E-state index contributed by atoms with van der Waals surface area (Å²) in [6, 6.07) is 32.8. The Morgan fingerprint density at radius 3 is 2.33 bits per heavy atom. The Morgan fingerprint density at radius 2 is 1.61 bits per heavy atom. The van der Waals surface area contributed by atoms with Crippen LogP contribution in [0.1, 0.15) is 33.7 Å². The van der Waals surface area contributed by atoms with Gasteiger partial charge in [-0.1, -0.05) is 101 Å². The molecule has 12 heteroatoms. The number of carbonyl (C=O) groups excluding carboxylic acids is 3. The van der Waals surface area contributed by atoms with Crippen molar-refractivity contribution in [3.8, 4) is 0 Å². The van der Waals surface area contributed by atoms with Gasteiger partial charge < -0.3 is 10.6 Å². The maximum atomic E-state index is 13.6. The van der Waals surface area contributed by atoms with E-state index in [0.29, 0.717) is 21.5 Å². The molecule has 0 spiro atoms. The molecule has 3 amide bonds. The molecule has 46 heavy (non-hydrogen) atoms. The van der Waals surface area contributed by atoms with Crippen molar-refractivity contribution in [1.29, 1.82) is 0 Å². The van der Waals surface area contributed by atoms with E-state index in [1.807, 2.05) is 73.7 Å². The molecule has 0 aliphatic carbocycles. The largest absolute Gasteiger partial charge is 0.321 e. The molecule has 5 rings (SSSR count). The first kappa shape index (κ1) is 33.1. The summed E-state index contributed by atoms with van der Waals surface area (Å²) in [5, 5.41) is 9.04. The van der Waals surface area contributed by atoms with Gasteiger partial charge in [-0.2, -0.15) is 9.36 Å². The predicted molar refractivity (Wildman–Crippen MR) is 191 cm³/mol. The summed E-state index contributed by atoms with van der Waals surface area (Å²) >= 11 is 7.42. The van der Waals surface area contributed by atoms with E-state index in [1.165, 1.54) is 23.5 Å². The molecule has 5 aromatic rings. The number of carbonyl (C=O) groups is 3. The van der Waals surface area contributed by atoms with Crippen molar-refractivity contribution in [3.63, 3.8) is 0 Å². The molecule has 1 heterocycles. The van der Waals surface area contributed by atoms with Gasteiger partial charge in [0.05, 0.1) is 0 Å². The quantitative estimate of drug-likeness (QED) is 0.0875. The van der Waals surface area contributed by atoms with Crippen LogP contribution >= 0.6 is 51.0 Å². The van der Waals surface area contributed by atoms with Gasteiger partial charge in [0, 0.05) is 32.2 Å². The maximum Gasteiger partial charge on any atom is 0.272 e. The lowest BCUT2D eigenvalue weighted by atomic mass is 10.1. The average Bonchev–Trinajstić information content (AvgIpc) is 3.51. The zero-order valence-electron chi connectivity index (χ0n) is 24.5. The van der Waals surface area contributed by atoms with Crippen molar-refractivity contribution < 1.29 is 14.4 Å². The van der Waals surface area contributed by atoms with Crippen LogP contribution < -0.4 is 16.0 Å². The Kier molecular flexibility index (Phi) is 11.8. The number of thioether (sulfide) groups is 2. The van der Waals surface area contributed by atoms with E-state index in [0.717, 1.165) is 37.8 Å². The number of nitrogens with zero attached hydrogens (tertiary/aromatic N) is 2. The molecule has 0 saturated carbocycles. The number of hydrogen-bond acceptors (Lipinski definition) is 8. The maximum absolute atomic E-state index is 13.6. The molecular formula is C34H28BrN5O3S3. The summed E-state index contributed by atoms with van der Waals surface area (Å²) in [5.41, 5.74) is 2.56. The summed E-state index contributed by atoms with van der Waals surface area (Å²) in [7, 11) is 0. The van der Waals surface area contributed by atoms with E-state index in [9.17, 15) is 14.4 Å². The van der Waals surface area contributed by atoms with Gasteiger partial charge in [0.15, 0.2) is 0 Å². The van der Waals surface area contributed by atoms with Crippen molar-refractivity contribution in [1.82, 2.24) is 14.7 Å². The number of benzene rings is 4. The Hall–Kier alpha value is -4.23. The topological polar surface area (TPSA) is 113 Å². The SMILES string of the molecule is CCSc1nsc(NC(=O)C(Sc2cccc(NC(=O)/C(=C/c3ccc(Br)cc3)NC(=O)c3ccccc3)c2)c2ccccc2)n1. The van der Waals surface area contributed by atoms with Gasteiger partial charge in [0.2, 0.25) is 16.2 Å². The van der Waals surface area contributed by atoms with Crippen molar-refractivity contribution in [2.45, 2.75) is 22.2 Å². The highest BCUT2D eigenvalue weighted by Crippen LogP contribution is 2.37. The number of rotatable bonds is 12. The van der Waals surface area contributed by atoms with E-state index in [-0.39, 0.29) is 11.6 Å². The number of hydrogen-bond donors (Lipinski definition) is 3. The molecule has 3 N–H and O–H groups in total. The molecule has 0 radical (unpaired) electrons. The smallest absolute Gasteiger partial charge is 0.272 e. The standard InChI is InChI=1S/C34H28BrN5O3S3/c1-2-44-34-39-33(46-40-34)38-32(43)29(23-10-5-3-6-11-23)45-27-15-9-14-26(21-27)36-31(42)28(20-22-16-18-25(35)19-17-22)37-30(41)24-12-7-4-8-13-24/h3-21,29H,2H2,1H3,(H,36,42)(H,37,41)(H,38,39,40,43)/b28-20-. The first-order valence-electron chi connectivity index (χ1n) is 14.1. The summed E-state index contributed by atoms with van der Waals surface area (Å²) in [4.78, 5) is 45.3. The Morgan fingerprint density at radius 1 is 0.891 bits per heavy atom. The van der Waals surface area contributed by atoms with Crippen LogP contribution in [0, 0.1) is 0 Å². The van der Waals surface area contributed by atoms with E-state index < -0.39 is 17.1 Å². The molecule has 1 unspecified atom stereocenters. The number of nitrogens with one attached hydrogen (secondary N) is 3. The predicted octanol–water partition coefficient (Wildman–Crippen LogP) is 8.29. The fourth-order valence-electron chi connectivity index (χ4n) is 4.17. The van der Waals surface area contributed by atoms with E-state index in [2.05, 4.69) is 41.2 Å². The second-order valence-corrected chi connectivity index (χ2v) is 13.7. The molecule has 232 valence electrons. The van der Waals surface area contributed by atoms with Gasteiger partial charge in [0.1, 0.15) is 10.9 Å². The fraction of sp³-hybridized carbons (Fsp3) is 0.0882. The van der Waals surface area contributed by atoms with Gasteiger partial charge in [-0.25, -0.2) is 0 Å². The van der Waals surface area contributed by atoms with Gasteiger partial charge in [0.25, 0.3) is 11.8 Å². The van der Waals surface area contributed by atoms with Crippen molar-refractivity contribution >= 4 is 85.6 Å². The third-order valence-corrected chi connectivity index (χ3v) is 9.56. The van der Waals surface area contributed by atoms with Gasteiger partial charge >= 0.3 is 0 Å². The van der Waals surface area contributed by atoms with Crippen LogP contribution in [-0.2, 0) is 9.59 Å². The monoisotopic (exact) mass is 729 g/mol. The average molecular weight is 731 g/mol. The van der Waals surface area contributed by atoms with E-state index in [1.54, 1.807) is 48.5 Å². The molecule has 0 aliphatic heterocycles. The minimum Gasteiger partial charge on any atom is -0.321 e. The zero-order valence-corrected chi connectivity index (χ0v) is 28.5. The Bertz CT molecular complexity index is 1830. The van der Waals surface area contributed by atoms with E-state index >= 15 is 0 Å². The Labute approximate surface area is 287 Å². The highest BCUT2D eigenvalue weighted by Gasteiger charge is 2.24. The molecule has 1 atom stereocenters. The van der Waals surface area contributed by atoms with Crippen LogP contribution in [-0.4, -0.2) is 32.8 Å². The first-order valence-corrected chi connectivity index (χ1v) is 17.5. The van der Waals surface area contributed by atoms with Crippen molar-refractivity contribution in [2.24, 2.45) is 0 Å². The van der Waals surface area contributed by atoms with E-state index in [4.69, 9.17) is 0 Å². The van der Waals surface area contributed by atoms with Crippen LogP contribution in [0.25, 0.3) is 6.08 Å². The molecule has 0 fully saturated rings. The molecule has 4 aromatic carbocycles. The van der Waals surface area contributed by atoms with Crippen LogP contribution in [0.3, 0.4) is 0 Å². The highest BCUT2D eigenvalue weighted by molar-refractivity contribution is 9.10. The second-order valence-electron chi connectivity index (χ2n) is 9.62. The lowest BCUT2D eigenvalue weighted by Crippen LogP contribution is -2.30. The van der Waals surface area contributed by atoms with Crippen LogP contribution in [0.2, 0.25) is 0 Å². The number of halogens is 1. The fourth-order valence-corrected chi connectivity index (χ4v) is 6.79. The highest BCUT2D eigenvalue weighted by atomic mass is 79.9. The van der Waals surface area contributed by atoms with Crippen LogP contribution in [0.4, 0.5) is 10.8 Å². The third-order valence-electron chi connectivity index (χ3n) is 6.31. The number of amides is 3. The normalized spacial score (nSPS) is 11.8. The minimum atomic E-state index is -0.601. The minimum absolute atomic E-state index is 0.0773. The van der Waals surface area contributed by atoms with Crippen LogP contribution in [0.15, 0.2) is 129 Å². The van der Waals surface area contributed by atoms with Gasteiger partial charge in [-0.05, 0) is 65.4 Å². The lowest BCUT2D eigenvalue weighted by molar-refractivity contribution is -0.116. The number of aromatic nitrogens is 2. The molecule has 0 aliphatic rings. The molecule has 0 bridgehead atoms. The van der Waals surface area contributed by atoms with Crippen molar-refractivity contribution in [3.05, 3.63) is 136 Å². The number of anilines is 2. The first-order chi connectivity index (χ1) is 22.4.